The number of ether oxygens (including phenoxy) is 1. The van der Waals surface area contributed by atoms with Crippen LogP contribution in [0.15, 0.2) is 48.5 Å². The van der Waals surface area contributed by atoms with Crippen LogP contribution in [0.4, 0.5) is 0 Å². The third-order valence-electron chi connectivity index (χ3n) is 4.30. The topological polar surface area (TPSA) is 26.3 Å². The summed E-state index contributed by atoms with van der Waals surface area (Å²) in [6.45, 7) is 8.18. The molecule has 0 aliphatic heterocycles. The van der Waals surface area contributed by atoms with Crippen LogP contribution in [0.2, 0.25) is 0 Å². The molecule has 2 rings (SSSR count). The minimum absolute atomic E-state index is 0.260. The molecule has 0 amide bonds. The Morgan fingerprint density at radius 3 is 1.77 bits per heavy atom. The summed E-state index contributed by atoms with van der Waals surface area (Å²) in [5, 5.41) is 0. The van der Waals surface area contributed by atoms with Crippen molar-refractivity contribution in [1.82, 2.24) is 0 Å². The van der Waals surface area contributed by atoms with Crippen molar-refractivity contribution >= 4 is 5.97 Å². The monoisotopic (exact) mass is 296 g/mol. The highest BCUT2D eigenvalue weighted by atomic mass is 16.6. The summed E-state index contributed by atoms with van der Waals surface area (Å²) >= 11 is 0. The molecule has 0 aliphatic carbocycles. The zero-order chi connectivity index (χ0) is 16.2. The summed E-state index contributed by atoms with van der Waals surface area (Å²) in [6, 6.07) is 15.8. The van der Waals surface area contributed by atoms with Gasteiger partial charge in [0.05, 0.1) is 5.56 Å². The van der Waals surface area contributed by atoms with E-state index in [9.17, 15) is 4.79 Å². The molecule has 22 heavy (non-hydrogen) atoms. The Bertz CT molecular complexity index is 620. The maximum absolute atomic E-state index is 12.5. The van der Waals surface area contributed by atoms with Gasteiger partial charge in [-0.15, -0.1) is 0 Å². The van der Waals surface area contributed by atoms with Crippen molar-refractivity contribution in [3.63, 3.8) is 0 Å². The molecule has 0 saturated heterocycles. The fraction of sp³-hybridized carbons (Fsp3) is 0.350. The summed E-state index contributed by atoms with van der Waals surface area (Å²) in [5.41, 5.74) is 3.44. The lowest BCUT2D eigenvalue weighted by molar-refractivity contribution is -0.0263. The van der Waals surface area contributed by atoms with E-state index in [2.05, 4.69) is 45.0 Å². The Morgan fingerprint density at radius 2 is 1.32 bits per heavy atom. The fourth-order valence-electron chi connectivity index (χ4n) is 2.64. The molecule has 0 radical (unpaired) electrons. The minimum Gasteiger partial charge on any atom is -0.451 e. The quantitative estimate of drug-likeness (QED) is 0.711. The summed E-state index contributed by atoms with van der Waals surface area (Å²) in [4.78, 5) is 12.5. The summed E-state index contributed by atoms with van der Waals surface area (Å²) in [7, 11) is 0. The Balaban J connectivity index is 2.29. The van der Waals surface area contributed by atoms with Gasteiger partial charge < -0.3 is 4.74 Å². The van der Waals surface area contributed by atoms with Crippen molar-refractivity contribution in [2.45, 2.75) is 46.1 Å². The van der Waals surface area contributed by atoms with Crippen LogP contribution in [0, 0.1) is 13.8 Å². The summed E-state index contributed by atoms with van der Waals surface area (Å²) in [5.74, 6) is -0.260. The molecule has 0 N–H and O–H groups in total. The highest BCUT2D eigenvalue weighted by Gasteiger charge is 2.33. The largest absolute Gasteiger partial charge is 0.451 e. The Morgan fingerprint density at radius 1 is 0.864 bits per heavy atom. The van der Waals surface area contributed by atoms with Crippen LogP contribution < -0.4 is 0 Å². The number of carbonyl (C=O) groups excluding carboxylic acids is 1. The van der Waals surface area contributed by atoms with Crippen LogP contribution in [0.1, 0.15) is 53.7 Å². The lowest BCUT2D eigenvalue weighted by Crippen LogP contribution is -2.31. The molecule has 2 aromatic rings. The van der Waals surface area contributed by atoms with Gasteiger partial charge in [0.25, 0.3) is 0 Å². The third-order valence-corrected chi connectivity index (χ3v) is 4.30. The predicted octanol–water partition coefficient (Wildman–Crippen LogP) is 5.18. The fourth-order valence-corrected chi connectivity index (χ4v) is 2.64. The van der Waals surface area contributed by atoms with Crippen LogP contribution >= 0.6 is 0 Å². The minimum atomic E-state index is -0.560. The zero-order valence-corrected chi connectivity index (χ0v) is 13.8. The van der Waals surface area contributed by atoms with Gasteiger partial charge in [0.2, 0.25) is 0 Å². The van der Waals surface area contributed by atoms with Gasteiger partial charge in [0, 0.05) is 0 Å². The normalized spacial score (nSPS) is 11.3. The van der Waals surface area contributed by atoms with Crippen LogP contribution in [0.25, 0.3) is 0 Å². The number of hydrogen-bond acceptors (Lipinski definition) is 2. The van der Waals surface area contributed by atoms with Gasteiger partial charge in [-0.05, 0) is 44.4 Å². The van der Waals surface area contributed by atoms with Gasteiger partial charge >= 0.3 is 5.97 Å². The average molecular weight is 296 g/mol. The van der Waals surface area contributed by atoms with Crippen molar-refractivity contribution in [2.24, 2.45) is 0 Å². The van der Waals surface area contributed by atoms with E-state index in [-0.39, 0.29) is 5.97 Å². The molecule has 0 fully saturated rings. The summed E-state index contributed by atoms with van der Waals surface area (Å²) in [6.07, 6.45) is 1.51. The van der Waals surface area contributed by atoms with E-state index in [1.54, 1.807) is 0 Å². The van der Waals surface area contributed by atoms with E-state index in [1.807, 2.05) is 31.2 Å². The first-order valence-electron chi connectivity index (χ1n) is 7.88. The average Bonchev–Trinajstić information content (AvgIpc) is 2.54. The Labute approximate surface area is 133 Å². The van der Waals surface area contributed by atoms with Gasteiger partial charge in [-0.2, -0.15) is 0 Å². The van der Waals surface area contributed by atoms with Gasteiger partial charge in [-0.1, -0.05) is 61.4 Å². The molecule has 2 aromatic carbocycles. The van der Waals surface area contributed by atoms with E-state index < -0.39 is 5.60 Å². The molecule has 0 unspecified atom stereocenters. The van der Waals surface area contributed by atoms with Crippen LogP contribution in [0.5, 0.6) is 0 Å². The van der Waals surface area contributed by atoms with Crippen molar-refractivity contribution in [3.8, 4) is 0 Å². The first-order valence-corrected chi connectivity index (χ1v) is 7.88. The zero-order valence-electron chi connectivity index (χ0n) is 13.8. The SMILES string of the molecule is CCC(CC)(OC(=O)c1ccc(C)cc1)c1ccc(C)cc1. The number of esters is 1. The molecule has 0 atom stereocenters. The lowest BCUT2D eigenvalue weighted by Gasteiger charge is -2.32. The molecule has 0 heterocycles. The van der Waals surface area contributed by atoms with Gasteiger partial charge in [0.1, 0.15) is 5.60 Å². The first kappa shape index (κ1) is 16.3. The standard InChI is InChI=1S/C20H24O2/c1-5-20(6-2,18-13-9-16(4)10-14-18)22-19(21)17-11-7-15(3)8-12-17/h7-14H,5-6H2,1-4H3. The van der Waals surface area contributed by atoms with Gasteiger partial charge in [-0.3, -0.25) is 0 Å². The predicted molar refractivity (Wildman–Crippen MR) is 90.0 cm³/mol. The second kappa shape index (κ2) is 6.78. The molecule has 0 aromatic heterocycles. The highest BCUT2D eigenvalue weighted by molar-refractivity contribution is 5.89. The number of rotatable bonds is 5. The summed E-state index contributed by atoms with van der Waals surface area (Å²) < 4.78 is 5.95. The van der Waals surface area contributed by atoms with Crippen molar-refractivity contribution in [2.75, 3.05) is 0 Å². The third kappa shape index (κ3) is 3.38. The Hall–Kier alpha value is -2.09. The van der Waals surface area contributed by atoms with Crippen LogP contribution in [-0.2, 0) is 10.3 Å². The number of benzene rings is 2. The molecule has 2 nitrogen and oxygen atoms in total. The van der Waals surface area contributed by atoms with E-state index >= 15 is 0 Å². The smallest absolute Gasteiger partial charge is 0.339 e. The molecule has 116 valence electrons. The molecule has 0 bridgehead atoms. The van der Waals surface area contributed by atoms with Crippen LogP contribution in [-0.4, -0.2) is 5.97 Å². The molecule has 0 spiro atoms. The van der Waals surface area contributed by atoms with E-state index in [4.69, 9.17) is 4.74 Å². The Kier molecular flexibility index (Phi) is 5.02. The number of carbonyl (C=O) groups is 1. The van der Waals surface area contributed by atoms with E-state index in [0.717, 1.165) is 24.0 Å². The second-order valence-electron chi connectivity index (χ2n) is 5.82. The first-order chi connectivity index (χ1) is 10.5. The van der Waals surface area contributed by atoms with Gasteiger partial charge in [0.15, 0.2) is 0 Å². The van der Waals surface area contributed by atoms with Gasteiger partial charge in [-0.25, -0.2) is 4.79 Å². The second-order valence-corrected chi connectivity index (χ2v) is 5.82. The highest BCUT2D eigenvalue weighted by Crippen LogP contribution is 2.34. The van der Waals surface area contributed by atoms with Crippen molar-refractivity contribution < 1.29 is 9.53 Å². The molecular weight excluding hydrogens is 272 g/mol. The number of aryl methyl sites for hydroxylation is 2. The van der Waals surface area contributed by atoms with Crippen molar-refractivity contribution in [1.29, 1.82) is 0 Å². The van der Waals surface area contributed by atoms with Crippen LogP contribution in [0.3, 0.4) is 0 Å². The molecule has 0 aliphatic rings. The lowest BCUT2D eigenvalue weighted by atomic mass is 9.87. The molecule has 0 saturated carbocycles. The van der Waals surface area contributed by atoms with Crippen molar-refractivity contribution in [3.05, 3.63) is 70.8 Å². The number of hydrogen-bond donors (Lipinski definition) is 0. The molecule has 2 heteroatoms. The molecular formula is C20H24O2. The van der Waals surface area contributed by atoms with E-state index in [0.29, 0.717) is 5.56 Å². The maximum Gasteiger partial charge on any atom is 0.339 e. The van der Waals surface area contributed by atoms with E-state index in [1.165, 1.54) is 5.56 Å². The maximum atomic E-state index is 12.5.